The summed E-state index contributed by atoms with van der Waals surface area (Å²) < 4.78 is 13.2. The number of aryl methyl sites for hydroxylation is 1. The molecule has 0 saturated heterocycles. The van der Waals surface area contributed by atoms with Crippen LogP contribution in [0.1, 0.15) is 51.7 Å². The van der Waals surface area contributed by atoms with Gasteiger partial charge in [0.05, 0.1) is 0 Å². The van der Waals surface area contributed by atoms with Crippen LogP contribution in [-0.4, -0.2) is 12.6 Å². The highest BCUT2D eigenvalue weighted by Gasteiger charge is 2.27. The first-order valence-electron chi connectivity index (χ1n) is 7.41. The van der Waals surface area contributed by atoms with Crippen molar-refractivity contribution >= 4 is 0 Å². The maximum absolute atomic E-state index is 13.2. The Bertz CT molecular complexity index is 394. The summed E-state index contributed by atoms with van der Waals surface area (Å²) in [7, 11) is 0. The molecule has 1 aromatic rings. The Labute approximate surface area is 117 Å². The maximum atomic E-state index is 13.2. The molecule has 0 atom stereocenters. The van der Waals surface area contributed by atoms with E-state index in [1.165, 1.54) is 5.56 Å². The lowest BCUT2D eigenvalue weighted by Gasteiger charge is -2.33. The third-order valence-corrected chi connectivity index (χ3v) is 4.26. The molecule has 2 heteroatoms. The van der Waals surface area contributed by atoms with Crippen LogP contribution < -0.4 is 5.32 Å². The van der Waals surface area contributed by atoms with Crippen molar-refractivity contribution < 1.29 is 4.39 Å². The molecule has 0 amide bonds. The molecule has 1 N–H and O–H groups in total. The van der Waals surface area contributed by atoms with Crippen LogP contribution in [0.3, 0.4) is 0 Å². The van der Waals surface area contributed by atoms with Crippen molar-refractivity contribution in [2.75, 3.05) is 6.54 Å². The van der Waals surface area contributed by atoms with Crippen molar-refractivity contribution in [3.05, 3.63) is 35.1 Å². The van der Waals surface area contributed by atoms with E-state index in [4.69, 9.17) is 0 Å². The second kappa shape index (κ2) is 7.04. The van der Waals surface area contributed by atoms with Gasteiger partial charge < -0.3 is 5.32 Å². The second-order valence-electron chi connectivity index (χ2n) is 5.99. The minimum atomic E-state index is -0.139. The first-order valence-corrected chi connectivity index (χ1v) is 7.41. The van der Waals surface area contributed by atoms with Gasteiger partial charge in [0.25, 0.3) is 0 Å². The Morgan fingerprint density at radius 3 is 2.32 bits per heavy atom. The van der Waals surface area contributed by atoms with Gasteiger partial charge in [-0.25, -0.2) is 4.39 Å². The molecule has 0 saturated carbocycles. The molecule has 108 valence electrons. The van der Waals surface area contributed by atoms with Gasteiger partial charge in [-0.15, -0.1) is 0 Å². The molecule has 0 aliphatic rings. The quantitative estimate of drug-likeness (QED) is 0.766. The number of halogens is 1. The van der Waals surface area contributed by atoms with Crippen LogP contribution in [-0.2, 0) is 6.42 Å². The second-order valence-corrected chi connectivity index (χ2v) is 5.99. The number of hydrogen-bond donors (Lipinski definition) is 1. The normalized spacial score (nSPS) is 12.2. The highest BCUT2D eigenvalue weighted by atomic mass is 19.1. The molecule has 0 heterocycles. The van der Waals surface area contributed by atoms with Crippen molar-refractivity contribution in [3.8, 4) is 0 Å². The van der Waals surface area contributed by atoms with Gasteiger partial charge in [0, 0.05) is 12.6 Å². The molecule has 0 aromatic heterocycles. The van der Waals surface area contributed by atoms with Gasteiger partial charge in [0.15, 0.2) is 0 Å². The third-order valence-electron chi connectivity index (χ3n) is 4.26. The summed E-state index contributed by atoms with van der Waals surface area (Å²) in [6.45, 7) is 11.9. The first kappa shape index (κ1) is 16.2. The van der Waals surface area contributed by atoms with E-state index in [1.54, 1.807) is 12.1 Å². The Kier molecular flexibility index (Phi) is 5.99. The Balaban J connectivity index is 2.87. The predicted molar refractivity (Wildman–Crippen MR) is 81.0 cm³/mol. The molecule has 0 aliphatic heterocycles. The van der Waals surface area contributed by atoms with Crippen LogP contribution in [0.4, 0.5) is 4.39 Å². The predicted octanol–water partition coefficient (Wildman–Crippen LogP) is 4.48. The Morgan fingerprint density at radius 2 is 1.84 bits per heavy atom. The van der Waals surface area contributed by atoms with E-state index < -0.39 is 0 Å². The van der Waals surface area contributed by atoms with Crippen LogP contribution in [0.2, 0.25) is 0 Å². The number of benzene rings is 1. The third kappa shape index (κ3) is 4.61. The maximum Gasteiger partial charge on any atom is 0.123 e. The molecule has 0 fully saturated rings. The van der Waals surface area contributed by atoms with Crippen LogP contribution in [0.15, 0.2) is 18.2 Å². The zero-order valence-electron chi connectivity index (χ0n) is 13.0. The molecular weight excluding hydrogens is 237 g/mol. The van der Waals surface area contributed by atoms with Gasteiger partial charge in [0.2, 0.25) is 0 Å². The van der Waals surface area contributed by atoms with Crippen LogP contribution in [0.5, 0.6) is 0 Å². The molecule has 0 spiro atoms. The lowest BCUT2D eigenvalue weighted by Crippen LogP contribution is -2.38. The zero-order valence-corrected chi connectivity index (χ0v) is 13.0. The molecule has 1 rings (SSSR count). The lowest BCUT2D eigenvalue weighted by atomic mass is 9.76. The van der Waals surface area contributed by atoms with E-state index >= 15 is 0 Å². The molecule has 1 nitrogen and oxygen atoms in total. The summed E-state index contributed by atoms with van der Waals surface area (Å²) in [6, 6.07) is 5.67. The van der Waals surface area contributed by atoms with Crippen molar-refractivity contribution in [1.82, 2.24) is 5.32 Å². The van der Waals surface area contributed by atoms with E-state index in [1.807, 2.05) is 13.0 Å². The average Bonchev–Trinajstić information content (AvgIpc) is 2.37. The molecule has 0 aliphatic carbocycles. The molecule has 1 aromatic carbocycles. The monoisotopic (exact) mass is 265 g/mol. The van der Waals surface area contributed by atoms with Gasteiger partial charge in [-0.05, 0) is 54.9 Å². The van der Waals surface area contributed by atoms with E-state index in [-0.39, 0.29) is 11.2 Å². The number of rotatable bonds is 7. The standard InChI is InChI=1S/C17H28FN/c1-6-17(7-2,12-19-13(3)4)11-15-8-9-16(18)10-14(15)5/h8-10,13,19H,6-7,11-12H2,1-5H3. The summed E-state index contributed by atoms with van der Waals surface area (Å²) in [5.74, 6) is -0.139. The summed E-state index contributed by atoms with van der Waals surface area (Å²) in [4.78, 5) is 0. The lowest BCUT2D eigenvalue weighted by molar-refractivity contribution is 0.239. The average molecular weight is 265 g/mol. The van der Waals surface area contributed by atoms with Gasteiger partial charge in [-0.3, -0.25) is 0 Å². The highest BCUT2D eigenvalue weighted by Crippen LogP contribution is 2.31. The fraction of sp³-hybridized carbons (Fsp3) is 0.647. The van der Waals surface area contributed by atoms with Gasteiger partial charge >= 0.3 is 0 Å². The molecule has 19 heavy (non-hydrogen) atoms. The minimum absolute atomic E-state index is 0.139. The first-order chi connectivity index (χ1) is 8.92. The Hall–Kier alpha value is -0.890. The highest BCUT2D eigenvalue weighted by molar-refractivity contribution is 5.27. The number of hydrogen-bond acceptors (Lipinski definition) is 1. The van der Waals surface area contributed by atoms with Crippen molar-refractivity contribution in [1.29, 1.82) is 0 Å². The van der Waals surface area contributed by atoms with Gasteiger partial charge in [0.1, 0.15) is 5.82 Å². The van der Waals surface area contributed by atoms with Crippen LogP contribution in [0, 0.1) is 18.2 Å². The summed E-state index contributed by atoms with van der Waals surface area (Å²) in [6.07, 6.45) is 3.30. The zero-order chi connectivity index (χ0) is 14.5. The van der Waals surface area contributed by atoms with Crippen molar-refractivity contribution in [2.45, 2.75) is 59.9 Å². The van der Waals surface area contributed by atoms with E-state index in [9.17, 15) is 4.39 Å². The molecule has 0 unspecified atom stereocenters. The smallest absolute Gasteiger partial charge is 0.123 e. The fourth-order valence-electron chi connectivity index (χ4n) is 2.49. The Morgan fingerprint density at radius 1 is 1.21 bits per heavy atom. The minimum Gasteiger partial charge on any atom is -0.314 e. The fourth-order valence-corrected chi connectivity index (χ4v) is 2.49. The molecule has 0 bridgehead atoms. The SMILES string of the molecule is CCC(CC)(CNC(C)C)Cc1ccc(F)cc1C. The van der Waals surface area contributed by atoms with Crippen molar-refractivity contribution in [3.63, 3.8) is 0 Å². The van der Waals surface area contributed by atoms with E-state index in [2.05, 4.69) is 33.0 Å². The van der Waals surface area contributed by atoms with E-state index in [0.717, 1.165) is 31.4 Å². The molecule has 0 radical (unpaired) electrons. The van der Waals surface area contributed by atoms with Crippen molar-refractivity contribution in [2.24, 2.45) is 5.41 Å². The van der Waals surface area contributed by atoms with Gasteiger partial charge in [-0.2, -0.15) is 0 Å². The topological polar surface area (TPSA) is 12.0 Å². The van der Waals surface area contributed by atoms with E-state index in [0.29, 0.717) is 6.04 Å². The van der Waals surface area contributed by atoms with Crippen LogP contribution >= 0.6 is 0 Å². The largest absolute Gasteiger partial charge is 0.314 e. The summed E-state index contributed by atoms with van der Waals surface area (Å²) >= 11 is 0. The van der Waals surface area contributed by atoms with Crippen LogP contribution in [0.25, 0.3) is 0 Å². The van der Waals surface area contributed by atoms with Gasteiger partial charge in [-0.1, -0.05) is 33.8 Å². The summed E-state index contributed by atoms with van der Waals surface area (Å²) in [5, 5.41) is 3.57. The number of nitrogens with one attached hydrogen (secondary N) is 1. The summed E-state index contributed by atoms with van der Waals surface area (Å²) in [5.41, 5.74) is 2.61. The molecular formula is C17H28FN.